The molecule has 2 aromatic rings. The van der Waals surface area contributed by atoms with Crippen molar-refractivity contribution in [3.8, 4) is 0 Å². The first-order valence-electron chi connectivity index (χ1n) is 11.7. The van der Waals surface area contributed by atoms with Gasteiger partial charge in [-0.2, -0.15) is 0 Å². The zero-order valence-electron chi connectivity index (χ0n) is 19.5. The predicted octanol–water partition coefficient (Wildman–Crippen LogP) is 4.22. The van der Waals surface area contributed by atoms with Gasteiger partial charge in [-0.25, -0.2) is 9.97 Å². The van der Waals surface area contributed by atoms with E-state index < -0.39 is 0 Å². The van der Waals surface area contributed by atoms with Gasteiger partial charge in [0.15, 0.2) is 5.82 Å². The zero-order valence-corrected chi connectivity index (χ0v) is 20.3. The molecule has 0 unspecified atom stereocenters. The highest BCUT2D eigenvalue weighted by atomic mass is 32.2. The summed E-state index contributed by atoms with van der Waals surface area (Å²) in [5, 5.41) is 4.64. The third kappa shape index (κ3) is 6.69. The molecule has 4 rings (SSSR count). The van der Waals surface area contributed by atoms with Crippen LogP contribution in [-0.4, -0.2) is 67.0 Å². The van der Waals surface area contributed by atoms with Crippen LogP contribution >= 0.6 is 11.8 Å². The number of nitrogens with zero attached hydrogens (tertiary/aromatic N) is 4. The Hall–Kier alpha value is -2.20. The van der Waals surface area contributed by atoms with E-state index in [-0.39, 0.29) is 13.4 Å². The molecule has 1 saturated heterocycles. The number of fused-ring (bicyclic) bond motifs is 2. The number of hydrogen-bond acceptors (Lipinski definition) is 9. The van der Waals surface area contributed by atoms with E-state index in [1.165, 1.54) is 10.5 Å². The van der Waals surface area contributed by atoms with Crippen molar-refractivity contribution in [1.29, 1.82) is 0 Å². The summed E-state index contributed by atoms with van der Waals surface area (Å²) in [6.45, 7) is 6.68. The van der Waals surface area contributed by atoms with Crippen molar-refractivity contribution in [3.05, 3.63) is 36.2 Å². The van der Waals surface area contributed by atoms with E-state index >= 15 is 0 Å². The van der Waals surface area contributed by atoms with Crippen molar-refractivity contribution in [1.82, 2.24) is 20.2 Å². The number of piperidine rings is 1. The lowest BCUT2D eigenvalue weighted by molar-refractivity contribution is -0.143. The number of methoxy groups -OCH3 is 1. The van der Waals surface area contributed by atoms with E-state index in [0.29, 0.717) is 25.8 Å². The molecule has 1 aromatic heterocycles. The molecule has 3 heterocycles. The molecule has 1 N–H and O–H groups in total. The maximum atomic E-state index is 11.5. The van der Waals surface area contributed by atoms with Gasteiger partial charge in [-0.15, -0.1) is 0 Å². The van der Waals surface area contributed by atoms with E-state index in [0.717, 1.165) is 62.0 Å². The molecule has 186 valence electrons. The van der Waals surface area contributed by atoms with Crippen LogP contribution in [0.15, 0.2) is 40.5 Å². The van der Waals surface area contributed by atoms with Gasteiger partial charge >= 0.3 is 5.97 Å². The van der Waals surface area contributed by atoms with E-state index in [4.69, 9.17) is 9.47 Å². The van der Waals surface area contributed by atoms with E-state index in [9.17, 15) is 4.79 Å². The molecule has 34 heavy (non-hydrogen) atoms. The summed E-state index contributed by atoms with van der Waals surface area (Å²) in [6.07, 6.45) is 7.08. The summed E-state index contributed by atoms with van der Waals surface area (Å²) in [6, 6.07) is 7.11. The van der Waals surface area contributed by atoms with Gasteiger partial charge in [0.25, 0.3) is 0 Å². The average Bonchev–Trinajstić information content (AvgIpc) is 2.84. The van der Waals surface area contributed by atoms with Gasteiger partial charge < -0.3 is 19.7 Å². The Bertz CT molecular complexity index is 937. The number of likely N-dealkylation sites (tertiary alicyclic amines) is 1. The molecule has 9 heteroatoms. The fourth-order valence-electron chi connectivity index (χ4n) is 4.33. The first-order chi connectivity index (χ1) is 16.2. The normalized spacial score (nSPS) is 15.9. The van der Waals surface area contributed by atoms with E-state index in [2.05, 4.69) is 43.3 Å². The van der Waals surface area contributed by atoms with Crippen molar-refractivity contribution in [2.75, 3.05) is 45.0 Å². The molecular formula is C25H37N5O3S. The Kier molecular flexibility index (Phi) is 10.1. The minimum absolute atomic E-state index is 0. The summed E-state index contributed by atoms with van der Waals surface area (Å²) in [5.41, 5.74) is 2.37. The van der Waals surface area contributed by atoms with Crippen LogP contribution in [-0.2, 0) is 20.8 Å². The molecular weight excluding hydrogens is 450 g/mol. The quantitative estimate of drug-likeness (QED) is 0.496. The SMILES string of the molecule is C.CCOC(=O)CCCN1CCC(NCc2ccc3c(c2)N(COC)c2nccnc2S3)CC1. The van der Waals surface area contributed by atoms with Crippen molar-refractivity contribution < 1.29 is 14.3 Å². The minimum atomic E-state index is -0.0860. The number of benzene rings is 1. The van der Waals surface area contributed by atoms with Crippen LogP contribution in [0.1, 0.15) is 45.6 Å². The molecule has 0 spiro atoms. The molecule has 1 fully saturated rings. The number of hydrogen-bond donors (Lipinski definition) is 1. The average molecular weight is 488 g/mol. The van der Waals surface area contributed by atoms with Crippen LogP contribution in [0.2, 0.25) is 0 Å². The lowest BCUT2D eigenvalue weighted by Crippen LogP contribution is -2.42. The van der Waals surface area contributed by atoms with E-state index in [1.807, 2.05) is 6.92 Å². The second-order valence-corrected chi connectivity index (χ2v) is 9.37. The monoisotopic (exact) mass is 487 g/mol. The summed E-state index contributed by atoms with van der Waals surface area (Å²) in [5.74, 6) is 0.759. The summed E-state index contributed by atoms with van der Waals surface area (Å²) >= 11 is 1.65. The Morgan fingerprint density at radius 2 is 2.03 bits per heavy atom. The lowest BCUT2D eigenvalue weighted by Gasteiger charge is -2.33. The molecule has 2 aliphatic heterocycles. The Labute approximate surface area is 207 Å². The smallest absolute Gasteiger partial charge is 0.305 e. The topological polar surface area (TPSA) is 79.8 Å². The number of aromatic nitrogens is 2. The van der Waals surface area contributed by atoms with Crippen molar-refractivity contribution in [3.63, 3.8) is 0 Å². The number of carbonyl (C=O) groups excluding carboxylic acids is 1. The molecule has 0 aliphatic carbocycles. The summed E-state index contributed by atoms with van der Waals surface area (Å²) < 4.78 is 10.5. The van der Waals surface area contributed by atoms with Crippen LogP contribution in [0.4, 0.5) is 11.5 Å². The van der Waals surface area contributed by atoms with Gasteiger partial charge in [0, 0.05) is 43.4 Å². The second kappa shape index (κ2) is 13.0. The minimum Gasteiger partial charge on any atom is -0.466 e. The predicted molar refractivity (Wildman–Crippen MR) is 136 cm³/mol. The van der Waals surface area contributed by atoms with Crippen LogP contribution in [0.25, 0.3) is 0 Å². The standard InChI is InChI=1S/C24H33N5O3S.CH4/c1-3-32-22(30)5-4-12-28-13-8-19(9-14-28)27-16-18-6-7-21-20(15-18)29(17-31-2)23-24(33-21)26-11-10-25-23;/h6-7,10-11,15,19,27H,3-5,8-9,12-14,16-17H2,1-2H3;1H4. The van der Waals surface area contributed by atoms with Crippen LogP contribution in [0, 0.1) is 0 Å². The van der Waals surface area contributed by atoms with Gasteiger partial charge in [-0.3, -0.25) is 9.69 Å². The van der Waals surface area contributed by atoms with Gasteiger partial charge in [-0.1, -0.05) is 25.3 Å². The van der Waals surface area contributed by atoms with Crippen molar-refractivity contribution >= 4 is 29.2 Å². The molecule has 0 amide bonds. The molecule has 0 bridgehead atoms. The molecule has 1 aromatic carbocycles. The molecule has 0 atom stereocenters. The largest absolute Gasteiger partial charge is 0.466 e. The Morgan fingerprint density at radius 3 is 2.79 bits per heavy atom. The van der Waals surface area contributed by atoms with Gasteiger partial charge in [-0.05, 0) is 63.5 Å². The van der Waals surface area contributed by atoms with E-state index in [1.54, 1.807) is 31.3 Å². The number of esters is 1. The number of rotatable bonds is 10. The lowest BCUT2D eigenvalue weighted by atomic mass is 10.0. The highest BCUT2D eigenvalue weighted by Crippen LogP contribution is 2.46. The van der Waals surface area contributed by atoms with Crippen LogP contribution in [0.5, 0.6) is 0 Å². The highest BCUT2D eigenvalue weighted by Gasteiger charge is 2.26. The van der Waals surface area contributed by atoms with Crippen LogP contribution in [0.3, 0.4) is 0 Å². The first kappa shape index (κ1) is 26.4. The number of carbonyl (C=O) groups is 1. The number of anilines is 2. The Morgan fingerprint density at radius 1 is 1.24 bits per heavy atom. The third-order valence-corrected chi connectivity index (χ3v) is 7.07. The molecule has 0 radical (unpaired) electrons. The molecule has 8 nitrogen and oxygen atoms in total. The fourth-order valence-corrected chi connectivity index (χ4v) is 5.31. The molecule has 0 saturated carbocycles. The maximum Gasteiger partial charge on any atom is 0.305 e. The van der Waals surface area contributed by atoms with Crippen molar-refractivity contribution in [2.45, 2.75) is 62.5 Å². The fraction of sp³-hybridized carbons (Fsp3) is 0.560. The van der Waals surface area contributed by atoms with Crippen LogP contribution < -0.4 is 10.2 Å². The third-order valence-electron chi connectivity index (χ3n) is 6.02. The number of ether oxygens (including phenoxy) is 2. The van der Waals surface area contributed by atoms with Gasteiger partial charge in [0.1, 0.15) is 11.8 Å². The van der Waals surface area contributed by atoms with Gasteiger partial charge in [0.05, 0.1) is 12.3 Å². The first-order valence-corrected chi connectivity index (χ1v) is 12.5. The summed E-state index contributed by atoms with van der Waals surface area (Å²) in [4.78, 5) is 26.2. The molecule has 2 aliphatic rings. The highest BCUT2D eigenvalue weighted by molar-refractivity contribution is 7.99. The zero-order chi connectivity index (χ0) is 23.0. The van der Waals surface area contributed by atoms with Crippen molar-refractivity contribution in [2.24, 2.45) is 0 Å². The van der Waals surface area contributed by atoms with Gasteiger partial charge in [0.2, 0.25) is 0 Å². The summed E-state index contributed by atoms with van der Waals surface area (Å²) in [7, 11) is 1.70. The Balaban J connectivity index is 0.00000324. The second-order valence-electron chi connectivity index (χ2n) is 8.34. The maximum absolute atomic E-state index is 11.5. The number of nitrogens with one attached hydrogen (secondary N) is 1.